The van der Waals surface area contributed by atoms with E-state index >= 15 is 0 Å². The SMILES string of the molecule is CCCNC(=O)[C@@H](CCCCN)NC(=O)[C@@H](CC(C)C)NC(=O)[C@@H](Cc1ccccc1)NC(=O)[C@H](N)Cc1ccccc1. The zero-order valence-corrected chi connectivity index (χ0v) is 25.8. The molecule has 0 spiro atoms. The molecule has 0 fully saturated rings. The number of unbranched alkanes of at least 4 members (excludes halogenated alkanes) is 1. The van der Waals surface area contributed by atoms with Gasteiger partial charge in [-0.3, -0.25) is 19.2 Å². The van der Waals surface area contributed by atoms with Crippen molar-refractivity contribution < 1.29 is 19.2 Å². The van der Waals surface area contributed by atoms with Crippen LogP contribution in [0.25, 0.3) is 0 Å². The summed E-state index contributed by atoms with van der Waals surface area (Å²) in [5, 5.41) is 11.4. The predicted molar refractivity (Wildman–Crippen MR) is 170 cm³/mol. The number of benzene rings is 2. The van der Waals surface area contributed by atoms with Gasteiger partial charge in [0.1, 0.15) is 18.1 Å². The largest absolute Gasteiger partial charge is 0.354 e. The first-order valence-corrected chi connectivity index (χ1v) is 15.4. The smallest absolute Gasteiger partial charge is 0.243 e. The quantitative estimate of drug-likeness (QED) is 0.136. The van der Waals surface area contributed by atoms with Crippen LogP contribution in [-0.2, 0) is 32.0 Å². The van der Waals surface area contributed by atoms with Crippen LogP contribution in [0.3, 0.4) is 0 Å². The molecule has 4 atom stereocenters. The summed E-state index contributed by atoms with van der Waals surface area (Å²) >= 11 is 0. The zero-order valence-electron chi connectivity index (χ0n) is 25.8. The summed E-state index contributed by atoms with van der Waals surface area (Å²) in [4.78, 5) is 53.2. The van der Waals surface area contributed by atoms with Crippen molar-refractivity contribution >= 4 is 23.6 Å². The maximum atomic E-state index is 13.7. The molecule has 0 aromatic heterocycles. The van der Waals surface area contributed by atoms with Crippen LogP contribution in [0.2, 0.25) is 0 Å². The standard InChI is InChI=1S/C33H50N6O4/c1-4-19-36-31(41)27(17-11-12-18-34)37-32(42)28(20-23(2)3)39-33(43)29(22-25-15-9-6-10-16-25)38-30(40)26(35)21-24-13-7-5-8-14-24/h5-10,13-16,23,26-29H,4,11-12,17-22,34-35H2,1-3H3,(H,36,41)(H,37,42)(H,38,40)(H,39,43)/t26-,27-,28-,29-/m1/s1. The number of hydrogen-bond donors (Lipinski definition) is 6. The molecule has 10 nitrogen and oxygen atoms in total. The molecular weight excluding hydrogens is 544 g/mol. The third-order valence-electron chi connectivity index (χ3n) is 7.02. The Bertz CT molecular complexity index is 1130. The summed E-state index contributed by atoms with van der Waals surface area (Å²) in [7, 11) is 0. The Kier molecular flexibility index (Phi) is 16.0. The minimum atomic E-state index is -0.965. The molecule has 0 saturated heterocycles. The highest BCUT2D eigenvalue weighted by Gasteiger charge is 2.31. The Labute approximate surface area is 256 Å². The first-order valence-electron chi connectivity index (χ1n) is 15.4. The third-order valence-corrected chi connectivity index (χ3v) is 7.02. The van der Waals surface area contributed by atoms with E-state index in [0.29, 0.717) is 38.8 Å². The molecule has 2 aromatic rings. The topological polar surface area (TPSA) is 168 Å². The van der Waals surface area contributed by atoms with E-state index < -0.39 is 41.9 Å². The van der Waals surface area contributed by atoms with Crippen molar-refractivity contribution in [1.82, 2.24) is 21.3 Å². The second-order valence-electron chi connectivity index (χ2n) is 11.4. The second kappa shape index (κ2) is 19.4. The van der Waals surface area contributed by atoms with Crippen molar-refractivity contribution in [2.24, 2.45) is 17.4 Å². The van der Waals surface area contributed by atoms with E-state index in [1.54, 1.807) is 0 Å². The molecule has 0 aliphatic carbocycles. The number of amides is 4. The molecule has 0 bridgehead atoms. The summed E-state index contributed by atoms with van der Waals surface area (Å²) in [6.07, 6.45) is 3.49. The number of hydrogen-bond acceptors (Lipinski definition) is 6. The Morgan fingerprint density at radius 2 is 1.23 bits per heavy atom. The van der Waals surface area contributed by atoms with Crippen LogP contribution in [0, 0.1) is 5.92 Å². The Morgan fingerprint density at radius 3 is 1.79 bits per heavy atom. The first-order chi connectivity index (χ1) is 20.6. The minimum absolute atomic E-state index is 0.0714. The number of nitrogens with two attached hydrogens (primary N) is 2. The van der Waals surface area contributed by atoms with Crippen molar-refractivity contribution in [3.05, 3.63) is 71.8 Å². The van der Waals surface area contributed by atoms with Crippen LogP contribution >= 0.6 is 0 Å². The van der Waals surface area contributed by atoms with Gasteiger partial charge in [0.2, 0.25) is 23.6 Å². The van der Waals surface area contributed by atoms with E-state index in [2.05, 4.69) is 21.3 Å². The predicted octanol–water partition coefficient (Wildman–Crippen LogP) is 1.95. The van der Waals surface area contributed by atoms with Crippen LogP contribution in [0.5, 0.6) is 0 Å². The van der Waals surface area contributed by atoms with Gasteiger partial charge in [-0.25, -0.2) is 0 Å². The van der Waals surface area contributed by atoms with Crippen LogP contribution in [0.1, 0.15) is 64.0 Å². The maximum absolute atomic E-state index is 13.7. The highest BCUT2D eigenvalue weighted by molar-refractivity contribution is 5.95. The van der Waals surface area contributed by atoms with E-state index in [9.17, 15) is 19.2 Å². The zero-order chi connectivity index (χ0) is 31.6. The van der Waals surface area contributed by atoms with Gasteiger partial charge in [-0.1, -0.05) is 81.4 Å². The van der Waals surface area contributed by atoms with E-state index in [1.165, 1.54) is 0 Å². The van der Waals surface area contributed by atoms with Gasteiger partial charge in [-0.2, -0.15) is 0 Å². The lowest BCUT2D eigenvalue weighted by Crippen LogP contribution is -2.58. The lowest BCUT2D eigenvalue weighted by molar-refractivity contribution is -0.134. The van der Waals surface area contributed by atoms with E-state index in [0.717, 1.165) is 24.0 Å². The van der Waals surface area contributed by atoms with Gasteiger partial charge >= 0.3 is 0 Å². The molecule has 0 saturated carbocycles. The first kappa shape index (κ1) is 35.4. The Hall–Kier alpha value is -3.76. The molecule has 43 heavy (non-hydrogen) atoms. The summed E-state index contributed by atoms with van der Waals surface area (Å²) < 4.78 is 0. The summed E-state index contributed by atoms with van der Waals surface area (Å²) in [5.74, 6) is -1.60. The number of nitrogens with one attached hydrogen (secondary N) is 4. The number of carbonyl (C=O) groups excluding carboxylic acids is 4. The van der Waals surface area contributed by atoms with Gasteiger partial charge in [-0.05, 0) is 62.1 Å². The van der Waals surface area contributed by atoms with Crippen LogP contribution in [-0.4, -0.2) is 60.9 Å². The lowest BCUT2D eigenvalue weighted by atomic mass is 9.99. The van der Waals surface area contributed by atoms with Crippen LogP contribution < -0.4 is 32.7 Å². The van der Waals surface area contributed by atoms with E-state index in [4.69, 9.17) is 11.5 Å². The molecular formula is C33H50N6O4. The monoisotopic (exact) mass is 594 g/mol. The second-order valence-corrected chi connectivity index (χ2v) is 11.4. The van der Waals surface area contributed by atoms with Gasteiger partial charge in [0.05, 0.1) is 6.04 Å². The van der Waals surface area contributed by atoms with Gasteiger partial charge in [0.25, 0.3) is 0 Å². The van der Waals surface area contributed by atoms with Gasteiger partial charge in [0.15, 0.2) is 0 Å². The van der Waals surface area contributed by atoms with Crippen LogP contribution in [0.15, 0.2) is 60.7 Å². The average molecular weight is 595 g/mol. The summed E-state index contributed by atoms with van der Waals surface area (Å²) in [6, 6.07) is 15.3. The fraction of sp³-hybridized carbons (Fsp3) is 0.515. The minimum Gasteiger partial charge on any atom is -0.354 e. The van der Waals surface area contributed by atoms with Crippen molar-refractivity contribution in [3.8, 4) is 0 Å². The normalized spacial score (nSPS) is 13.8. The van der Waals surface area contributed by atoms with Gasteiger partial charge < -0.3 is 32.7 Å². The number of rotatable bonds is 19. The molecule has 10 heteroatoms. The van der Waals surface area contributed by atoms with Crippen LogP contribution in [0.4, 0.5) is 0 Å². The molecule has 2 rings (SSSR count). The average Bonchev–Trinajstić information content (AvgIpc) is 2.99. The van der Waals surface area contributed by atoms with Crippen molar-refractivity contribution in [1.29, 1.82) is 0 Å². The van der Waals surface area contributed by atoms with Crippen molar-refractivity contribution in [2.45, 2.75) is 89.9 Å². The Balaban J connectivity index is 2.21. The Morgan fingerprint density at radius 1 is 0.698 bits per heavy atom. The molecule has 236 valence electrons. The maximum Gasteiger partial charge on any atom is 0.243 e. The van der Waals surface area contributed by atoms with Crippen molar-refractivity contribution in [3.63, 3.8) is 0 Å². The van der Waals surface area contributed by atoms with E-state index in [-0.39, 0.29) is 18.2 Å². The molecule has 2 aromatic carbocycles. The molecule has 4 amide bonds. The van der Waals surface area contributed by atoms with Gasteiger partial charge in [-0.15, -0.1) is 0 Å². The van der Waals surface area contributed by atoms with E-state index in [1.807, 2.05) is 81.4 Å². The number of carbonyl (C=O) groups is 4. The lowest BCUT2D eigenvalue weighted by Gasteiger charge is -2.27. The molecule has 0 heterocycles. The summed E-state index contributed by atoms with van der Waals surface area (Å²) in [5.41, 5.74) is 13.6. The molecule has 0 aliphatic rings. The highest BCUT2D eigenvalue weighted by Crippen LogP contribution is 2.10. The summed E-state index contributed by atoms with van der Waals surface area (Å²) in [6.45, 7) is 6.85. The molecule has 0 radical (unpaired) electrons. The molecule has 0 unspecified atom stereocenters. The third kappa shape index (κ3) is 13.4. The highest BCUT2D eigenvalue weighted by atomic mass is 16.2. The fourth-order valence-corrected chi connectivity index (χ4v) is 4.68. The fourth-order valence-electron chi connectivity index (χ4n) is 4.68. The molecule has 8 N–H and O–H groups in total. The van der Waals surface area contributed by atoms with Gasteiger partial charge in [0, 0.05) is 13.0 Å². The molecule has 0 aliphatic heterocycles. The van der Waals surface area contributed by atoms with Crippen molar-refractivity contribution in [2.75, 3.05) is 13.1 Å².